The van der Waals surface area contributed by atoms with Gasteiger partial charge in [-0.15, -0.1) is 0 Å². The maximum atomic E-state index is 14.7. The van der Waals surface area contributed by atoms with Gasteiger partial charge in [0.2, 0.25) is 11.8 Å². The lowest BCUT2D eigenvalue weighted by Gasteiger charge is -2.34. The highest BCUT2D eigenvalue weighted by Crippen LogP contribution is 2.32. The van der Waals surface area contributed by atoms with Crippen LogP contribution in [0.2, 0.25) is 0 Å². The van der Waals surface area contributed by atoms with Gasteiger partial charge in [-0.3, -0.25) is 13.9 Å². The van der Waals surface area contributed by atoms with Crippen LogP contribution in [0, 0.1) is 6.92 Å². The van der Waals surface area contributed by atoms with E-state index in [4.69, 9.17) is 4.74 Å². The average molecular weight is 640 g/mol. The van der Waals surface area contributed by atoms with E-state index in [-0.39, 0.29) is 35.5 Å². The highest BCUT2D eigenvalue weighted by atomic mass is 32.2. The molecule has 5 rings (SSSR count). The summed E-state index contributed by atoms with van der Waals surface area (Å²) in [4.78, 5) is 30.4. The number of anilines is 1. The van der Waals surface area contributed by atoms with Gasteiger partial charge in [-0.05, 0) is 55.2 Å². The van der Waals surface area contributed by atoms with Gasteiger partial charge in [-0.25, -0.2) is 8.42 Å². The number of amides is 2. The molecule has 0 radical (unpaired) electrons. The normalized spacial score (nSPS) is 14.0. The highest BCUT2D eigenvalue weighted by molar-refractivity contribution is 7.92. The largest absolute Gasteiger partial charge is 0.495 e. The Morgan fingerprint density at radius 3 is 2.15 bits per heavy atom. The first-order chi connectivity index (χ1) is 22.3. The van der Waals surface area contributed by atoms with Crippen LogP contribution in [0.15, 0.2) is 114 Å². The van der Waals surface area contributed by atoms with E-state index in [0.717, 1.165) is 46.7 Å². The molecule has 240 valence electrons. The monoisotopic (exact) mass is 639 g/mol. The molecule has 46 heavy (non-hydrogen) atoms. The van der Waals surface area contributed by atoms with Gasteiger partial charge in [0, 0.05) is 19.0 Å². The second kappa shape index (κ2) is 15.1. The minimum Gasteiger partial charge on any atom is -0.495 e. The molecule has 0 aromatic heterocycles. The zero-order chi connectivity index (χ0) is 32.5. The second-order valence-electron chi connectivity index (χ2n) is 11.7. The highest BCUT2D eigenvalue weighted by Gasteiger charge is 2.36. The molecule has 0 bridgehead atoms. The average Bonchev–Trinajstić information content (AvgIpc) is 3.59. The number of carbonyl (C=O) groups is 2. The fourth-order valence-corrected chi connectivity index (χ4v) is 7.44. The summed E-state index contributed by atoms with van der Waals surface area (Å²) in [6.07, 6.45) is 4.16. The van der Waals surface area contributed by atoms with Gasteiger partial charge in [0.05, 0.1) is 17.7 Å². The molecule has 1 saturated carbocycles. The molecule has 1 aliphatic carbocycles. The number of sulfonamides is 1. The number of nitrogens with zero attached hydrogens (tertiary/aromatic N) is 2. The molecular formula is C37H41N3O5S. The number of aryl methyl sites for hydroxylation is 1. The first kappa shape index (κ1) is 32.8. The Hall–Kier alpha value is -4.63. The summed E-state index contributed by atoms with van der Waals surface area (Å²) < 4.78 is 35.1. The summed E-state index contributed by atoms with van der Waals surface area (Å²) in [6.45, 7) is 1.56. The van der Waals surface area contributed by atoms with Crippen molar-refractivity contribution < 1.29 is 22.7 Å². The fourth-order valence-electron chi connectivity index (χ4n) is 6.00. The lowest BCUT2D eigenvalue weighted by atomic mass is 10.0. The zero-order valence-corrected chi connectivity index (χ0v) is 27.2. The number of methoxy groups -OCH3 is 1. The SMILES string of the molecule is COc1ccccc1N(CC(=O)N(Cc1cccc(C)c1)[C@H](Cc1ccccc1)C(=O)NC1CCCC1)S(=O)(=O)c1ccccc1. The van der Waals surface area contributed by atoms with Crippen molar-refractivity contribution in [2.24, 2.45) is 0 Å². The first-order valence-electron chi connectivity index (χ1n) is 15.7. The quantitative estimate of drug-likeness (QED) is 0.197. The van der Waals surface area contributed by atoms with Crippen molar-refractivity contribution in [3.05, 3.63) is 126 Å². The molecule has 1 atom stereocenters. The summed E-state index contributed by atoms with van der Waals surface area (Å²) >= 11 is 0. The molecule has 4 aromatic carbocycles. The number of hydrogen-bond donors (Lipinski definition) is 1. The van der Waals surface area contributed by atoms with Crippen LogP contribution < -0.4 is 14.4 Å². The van der Waals surface area contributed by atoms with E-state index in [0.29, 0.717) is 5.75 Å². The van der Waals surface area contributed by atoms with Crippen molar-refractivity contribution in [1.29, 1.82) is 0 Å². The van der Waals surface area contributed by atoms with Crippen LogP contribution >= 0.6 is 0 Å². The van der Waals surface area contributed by atoms with Gasteiger partial charge < -0.3 is 15.0 Å². The van der Waals surface area contributed by atoms with Crippen molar-refractivity contribution in [2.75, 3.05) is 18.0 Å². The van der Waals surface area contributed by atoms with E-state index >= 15 is 0 Å². The summed E-state index contributed by atoms with van der Waals surface area (Å²) in [7, 11) is -2.75. The lowest BCUT2D eigenvalue weighted by Crippen LogP contribution is -2.54. The third-order valence-corrected chi connectivity index (χ3v) is 10.1. The second-order valence-corrected chi connectivity index (χ2v) is 13.6. The fraction of sp³-hybridized carbons (Fsp3) is 0.297. The Balaban J connectivity index is 1.58. The Morgan fingerprint density at radius 2 is 1.48 bits per heavy atom. The Bertz CT molecular complexity index is 1720. The number of para-hydroxylation sites is 2. The molecule has 0 heterocycles. The van der Waals surface area contributed by atoms with Crippen molar-refractivity contribution in [2.45, 2.75) is 62.6 Å². The Labute approximate surface area is 272 Å². The van der Waals surface area contributed by atoms with Crippen molar-refractivity contribution in [3.8, 4) is 5.75 Å². The number of ether oxygens (including phenoxy) is 1. The lowest BCUT2D eigenvalue weighted by molar-refractivity contribution is -0.140. The molecule has 0 unspecified atom stereocenters. The zero-order valence-electron chi connectivity index (χ0n) is 26.3. The van der Waals surface area contributed by atoms with Gasteiger partial charge in [-0.1, -0.05) is 103 Å². The topological polar surface area (TPSA) is 96.0 Å². The van der Waals surface area contributed by atoms with Crippen molar-refractivity contribution in [3.63, 3.8) is 0 Å². The number of rotatable bonds is 13. The van der Waals surface area contributed by atoms with Gasteiger partial charge >= 0.3 is 0 Å². The van der Waals surface area contributed by atoms with Crippen LogP contribution in [-0.4, -0.2) is 50.9 Å². The third-order valence-electron chi connectivity index (χ3n) is 8.37. The third kappa shape index (κ3) is 7.95. The number of hydrogen-bond acceptors (Lipinski definition) is 5. The van der Waals surface area contributed by atoms with Crippen molar-refractivity contribution >= 4 is 27.5 Å². The minimum absolute atomic E-state index is 0.0405. The predicted molar refractivity (Wildman–Crippen MR) is 180 cm³/mol. The molecule has 4 aromatic rings. The Morgan fingerprint density at radius 1 is 0.848 bits per heavy atom. The molecule has 1 aliphatic rings. The summed E-state index contributed by atoms with van der Waals surface area (Å²) in [5.74, 6) is -0.444. The van der Waals surface area contributed by atoms with Crippen molar-refractivity contribution in [1.82, 2.24) is 10.2 Å². The van der Waals surface area contributed by atoms with Crippen LogP contribution in [0.1, 0.15) is 42.4 Å². The molecule has 1 fully saturated rings. The van der Waals surface area contributed by atoms with E-state index in [1.165, 1.54) is 24.1 Å². The summed E-state index contributed by atoms with van der Waals surface area (Å²) in [5.41, 5.74) is 2.99. The molecular weight excluding hydrogens is 598 g/mol. The molecule has 0 spiro atoms. The maximum absolute atomic E-state index is 14.7. The number of benzene rings is 4. The first-order valence-corrected chi connectivity index (χ1v) is 17.1. The predicted octanol–water partition coefficient (Wildman–Crippen LogP) is 5.90. The summed E-state index contributed by atoms with van der Waals surface area (Å²) in [5, 5.41) is 3.21. The molecule has 9 heteroatoms. The standard InChI is InChI=1S/C37H41N3O5S/c1-28-14-13-17-30(24-28)26-39(34(25-29-15-5-3-6-16-29)37(42)38-31-18-9-10-19-31)36(41)27-40(33-22-11-12-23-35(33)45-2)46(43,44)32-20-7-4-8-21-32/h3-8,11-17,20-24,31,34H,9-10,18-19,25-27H2,1-2H3,(H,38,42)/t34-/m1/s1. The molecule has 2 amide bonds. The van der Waals surface area contributed by atoms with E-state index < -0.39 is 28.5 Å². The van der Waals surface area contributed by atoms with Crippen LogP contribution in [0.5, 0.6) is 5.75 Å². The number of carbonyl (C=O) groups excluding carboxylic acids is 2. The van der Waals surface area contributed by atoms with E-state index in [9.17, 15) is 18.0 Å². The number of nitrogens with one attached hydrogen (secondary N) is 1. The van der Waals surface area contributed by atoms with Crippen LogP contribution in [0.3, 0.4) is 0 Å². The van der Waals surface area contributed by atoms with Gasteiger partial charge in [0.25, 0.3) is 10.0 Å². The van der Waals surface area contributed by atoms with Crippen LogP contribution in [-0.2, 0) is 32.6 Å². The van der Waals surface area contributed by atoms with Crippen LogP contribution in [0.25, 0.3) is 0 Å². The molecule has 0 saturated heterocycles. The smallest absolute Gasteiger partial charge is 0.264 e. The van der Waals surface area contributed by atoms with E-state index in [1.54, 1.807) is 42.5 Å². The van der Waals surface area contributed by atoms with Gasteiger partial charge in [0.15, 0.2) is 0 Å². The van der Waals surface area contributed by atoms with Gasteiger partial charge in [0.1, 0.15) is 18.3 Å². The molecule has 8 nitrogen and oxygen atoms in total. The molecule has 1 N–H and O–H groups in total. The van der Waals surface area contributed by atoms with E-state index in [2.05, 4.69) is 5.32 Å². The summed E-state index contributed by atoms with van der Waals surface area (Å²) in [6, 6.07) is 31.3. The van der Waals surface area contributed by atoms with Gasteiger partial charge in [-0.2, -0.15) is 0 Å². The molecule has 0 aliphatic heterocycles. The Kier molecular flexibility index (Phi) is 10.8. The minimum atomic E-state index is -4.21. The van der Waals surface area contributed by atoms with E-state index in [1.807, 2.05) is 61.5 Å². The maximum Gasteiger partial charge on any atom is 0.264 e. The van der Waals surface area contributed by atoms with Crippen LogP contribution in [0.4, 0.5) is 5.69 Å².